The van der Waals surface area contributed by atoms with Crippen molar-refractivity contribution in [2.24, 2.45) is 23.2 Å². The molecular formula is C14H23I. The number of hydrogen-bond donors (Lipinski definition) is 0. The van der Waals surface area contributed by atoms with E-state index in [4.69, 9.17) is 0 Å². The highest BCUT2D eigenvalue weighted by molar-refractivity contribution is 14.1. The molecule has 3 aliphatic rings. The Hall–Kier alpha value is 0.470. The summed E-state index contributed by atoms with van der Waals surface area (Å²) < 4.78 is 0.929. The molecule has 4 atom stereocenters. The van der Waals surface area contributed by atoms with E-state index in [9.17, 15) is 0 Å². The molecule has 1 heteroatoms. The zero-order valence-corrected chi connectivity index (χ0v) is 12.4. The molecule has 0 aromatic carbocycles. The Labute approximate surface area is 108 Å². The summed E-state index contributed by atoms with van der Waals surface area (Å²) in [4.78, 5) is 0. The minimum absolute atomic E-state index is 0.640. The SMILES string of the molecule is C=C(C)CCC1C(I)CC2CC1C2(C)C. The van der Waals surface area contributed by atoms with Crippen LogP contribution in [0.1, 0.15) is 46.5 Å². The van der Waals surface area contributed by atoms with Crippen LogP contribution in [0, 0.1) is 23.2 Å². The first kappa shape index (κ1) is 11.9. The standard InChI is InChI=1S/C14H23I/c1-9(2)5-6-11-12-7-10(8-13(11)15)14(12,3)4/h10-13H,1,5-8H2,2-4H3. The molecule has 0 radical (unpaired) electrons. The molecule has 0 amide bonds. The third-order valence-corrected chi connectivity index (χ3v) is 6.37. The van der Waals surface area contributed by atoms with Crippen molar-refractivity contribution in [2.75, 3.05) is 0 Å². The van der Waals surface area contributed by atoms with E-state index in [-0.39, 0.29) is 0 Å². The third kappa shape index (κ3) is 2.01. The highest BCUT2D eigenvalue weighted by Crippen LogP contribution is 2.63. The molecule has 0 nitrogen and oxygen atoms in total. The Morgan fingerprint density at radius 1 is 1.40 bits per heavy atom. The summed E-state index contributed by atoms with van der Waals surface area (Å²) in [5, 5.41) is 0. The van der Waals surface area contributed by atoms with E-state index in [1.807, 2.05) is 0 Å². The molecule has 3 aliphatic carbocycles. The van der Waals surface area contributed by atoms with Crippen molar-refractivity contribution < 1.29 is 0 Å². The Morgan fingerprint density at radius 2 is 2.07 bits per heavy atom. The smallest absolute Gasteiger partial charge is 0.0144 e. The number of fused-ring (bicyclic) bond motifs is 2. The van der Waals surface area contributed by atoms with Crippen LogP contribution in [0.4, 0.5) is 0 Å². The van der Waals surface area contributed by atoms with Gasteiger partial charge in [0.2, 0.25) is 0 Å². The normalized spacial score (nSPS) is 42.1. The van der Waals surface area contributed by atoms with Gasteiger partial charge in [0, 0.05) is 3.92 Å². The van der Waals surface area contributed by atoms with Crippen molar-refractivity contribution in [1.29, 1.82) is 0 Å². The van der Waals surface area contributed by atoms with Gasteiger partial charge in [0.15, 0.2) is 0 Å². The van der Waals surface area contributed by atoms with Crippen LogP contribution in [0.25, 0.3) is 0 Å². The molecule has 0 saturated heterocycles. The van der Waals surface area contributed by atoms with E-state index >= 15 is 0 Å². The summed E-state index contributed by atoms with van der Waals surface area (Å²) in [5.41, 5.74) is 2.00. The fraction of sp³-hybridized carbons (Fsp3) is 0.857. The van der Waals surface area contributed by atoms with Gasteiger partial charge in [0.05, 0.1) is 0 Å². The fourth-order valence-electron chi connectivity index (χ4n) is 3.68. The fourth-order valence-corrected chi connectivity index (χ4v) is 5.15. The van der Waals surface area contributed by atoms with Crippen molar-refractivity contribution >= 4 is 22.6 Å². The van der Waals surface area contributed by atoms with Gasteiger partial charge in [-0.05, 0) is 55.8 Å². The van der Waals surface area contributed by atoms with E-state index < -0.39 is 0 Å². The molecule has 3 rings (SSSR count). The molecule has 0 aliphatic heterocycles. The van der Waals surface area contributed by atoms with Crippen molar-refractivity contribution in [3.05, 3.63) is 12.2 Å². The van der Waals surface area contributed by atoms with E-state index in [1.165, 1.54) is 31.3 Å². The average Bonchev–Trinajstić information content (AvgIpc) is 2.15. The summed E-state index contributed by atoms with van der Waals surface area (Å²) >= 11 is 2.70. The van der Waals surface area contributed by atoms with Gasteiger partial charge in [-0.15, -0.1) is 6.58 Å². The molecule has 0 N–H and O–H groups in total. The number of hydrogen-bond acceptors (Lipinski definition) is 0. The van der Waals surface area contributed by atoms with Crippen LogP contribution in [-0.4, -0.2) is 3.92 Å². The molecule has 86 valence electrons. The zero-order chi connectivity index (χ0) is 11.2. The van der Waals surface area contributed by atoms with Gasteiger partial charge < -0.3 is 0 Å². The Morgan fingerprint density at radius 3 is 2.60 bits per heavy atom. The van der Waals surface area contributed by atoms with Crippen molar-refractivity contribution in [2.45, 2.75) is 50.4 Å². The highest BCUT2D eigenvalue weighted by atomic mass is 127. The van der Waals surface area contributed by atoms with E-state index in [0.717, 1.165) is 21.7 Å². The Kier molecular flexibility index (Phi) is 3.22. The largest absolute Gasteiger partial charge is 0.100 e. The number of allylic oxidation sites excluding steroid dienone is 1. The van der Waals surface area contributed by atoms with Crippen LogP contribution in [0.5, 0.6) is 0 Å². The molecule has 0 spiro atoms. The van der Waals surface area contributed by atoms with Crippen molar-refractivity contribution in [1.82, 2.24) is 0 Å². The predicted molar refractivity (Wildman–Crippen MR) is 75.3 cm³/mol. The van der Waals surface area contributed by atoms with Gasteiger partial charge in [-0.3, -0.25) is 0 Å². The second kappa shape index (κ2) is 4.05. The second-order valence-corrected chi connectivity index (χ2v) is 7.87. The molecule has 4 unspecified atom stereocenters. The van der Waals surface area contributed by atoms with E-state index in [2.05, 4.69) is 49.9 Å². The number of rotatable bonds is 3. The maximum absolute atomic E-state index is 4.04. The zero-order valence-electron chi connectivity index (χ0n) is 10.2. The first-order valence-corrected chi connectivity index (χ1v) is 7.46. The minimum Gasteiger partial charge on any atom is -0.100 e. The topological polar surface area (TPSA) is 0 Å². The lowest BCUT2D eigenvalue weighted by molar-refractivity contribution is -0.0996. The lowest BCUT2D eigenvalue weighted by atomic mass is 9.45. The first-order valence-electron chi connectivity index (χ1n) is 6.21. The molecule has 0 heterocycles. The van der Waals surface area contributed by atoms with Crippen LogP contribution < -0.4 is 0 Å². The maximum atomic E-state index is 4.04. The van der Waals surface area contributed by atoms with Crippen LogP contribution in [0.15, 0.2) is 12.2 Å². The summed E-state index contributed by atoms with van der Waals surface area (Å²) in [5.74, 6) is 2.98. The van der Waals surface area contributed by atoms with Gasteiger partial charge >= 0.3 is 0 Å². The van der Waals surface area contributed by atoms with E-state index in [0.29, 0.717) is 5.41 Å². The van der Waals surface area contributed by atoms with Gasteiger partial charge in [0.25, 0.3) is 0 Å². The summed E-state index contributed by atoms with van der Waals surface area (Å²) in [6.07, 6.45) is 5.59. The highest BCUT2D eigenvalue weighted by Gasteiger charge is 2.56. The van der Waals surface area contributed by atoms with Crippen LogP contribution >= 0.6 is 22.6 Å². The molecular weight excluding hydrogens is 295 g/mol. The van der Waals surface area contributed by atoms with Crippen molar-refractivity contribution in [3.63, 3.8) is 0 Å². The molecule has 0 aromatic rings. The molecule has 2 bridgehead atoms. The van der Waals surface area contributed by atoms with Crippen LogP contribution in [0.2, 0.25) is 0 Å². The maximum Gasteiger partial charge on any atom is 0.0144 e. The van der Waals surface area contributed by atoms with Gasteiger partial charge in [-0.1, -0.05) is 42.0 Å². The summed E-state index contributed by atoms with van der Waals surface area (Å²) in [6.45, 7) is 11.2. The Bertz CT molecular complexity index is 267. The predicted octanol–water partition coefficient (Wildman–Crippen LogP) is 4.83. The molecule has 15 heavy (non-hydrogen) atoms. The molecule has 3 saturated carbocycles. The average molecular weight is 318 g/mol. The number of alkyl halides is 1. The quantitative estimate of drug-likeness (QED) is 0.397. The summed E-state index contributed by atoms with van der Waals surface area (Å²) in [7, 11) is 0. The van der Waals surface area contributed by atoms with Crippen LogP contribution in [-0.2, 0) is 0 Å². The lowest BCUT2D eigenvalue weighted by Crippen LogP contribution is -2.56. The van der Waals surface area contributed by atoms with Gasteiger partial charge in [-0.2, -0.15) is 0 Å². The van der Waals surface area contributed by atoms with E-state index in [1.54, 1.807) is 0 Å². The third-order valence-electron chi connectivity index (χ3n) is 4.94. The lowest BCUT2D eigenvalue weighted by Gasteiger charge is -2.62. The number of halogens is 1. The summed E-state index contributed by atoms with van der Waals surface area (Å²) in [6, 6.07) is 0. The minimum atomic E-state index is 0.640. The second-order valence-electron chi connectivity index (χ2n) is 6.27. The van der Waals surface area contributed by atoms with Crippen LogP contribution in [0.3, 0.4) is 0 Å². The first-order chi connectivity index (χ1) is 6.93. The van der Waals surface area contributed by atoms with Crippen molar-refractivity contribution in [3.8, 4) is 0 Å². The van der Waals surface area contributed by atoms with Gasteiger partial charge in [-0.25, -0.2) is 0 Å². The molecule has 3 fully saturated rings. The van der Waals surface area contributed by atoms with Gasteiger partial charge in [0.1, 0.15) is 0 Å². The molecule has 0 aromatic heterocycles. The monoisotopic (exact) mass is 318 g/mol. The Balaban J connectivity index is 2.00.